The molecule has 72 valence electrons. The van der Waals surface area contributed by atoms with Gasteiger partial charge in [-0.1, -0.05) is 48.3 Å². The SMILES string of the molecule is CCCCSc1nc(Cl)cc(Cl)n1. The molecular weight excluding hydrogens is 227 g/mol. The topological polar surface area (TPSA) is 25.8 Å². The Morgan fingerprint density at radius 2 is 1.92 bits per heavy atom. The summed E-state index contributed by atoms with van der Waals surface area (Å²) in [5.74, 6) is 1.01. The molecule has 0 aliphatic carbocycles. The lowest BCUT2D eigenvalue weighted by Gasteiger charge is -1.99. The van der Waals surface area contributed by atoms with Crippen molar-refractivity contribution in [2.45, 2.75) is 24.9 Å². The zero-order valence-corrected chi connectivity index (χ0v) is 9.59. The number of hydrogen-bond donors (Lipinski definition) is 0. The Bertz CT molecular complexity index is 261. The predicted molar refractivity (Wildman–Crippen MR) is 57.7 cm³/mol. The number of unbranched alkanes of at least 4 members (excludes halogenated alkanes) is 1. The zero-order chi connectivity index (χ0) is 9.68. The lowest BCUT2D eigenvalue weighted by Crippen LogP contribution is -1.88. The van der Waals surface area contributed by atoms with Gasteiger partial charge in [-0.2, -0.15) is 0 Å². The Balaban J connectivity index is 2.56. The van der Waals surface area contributed by atoms with E-state index in [9.17, 15) is 0 Å². The van der Waals surface area contributed by atoms with E-state index in [1.165, 1.54) is 12.5 Å². The van der Waals surface area contributed by atoms with Crippen LogP contribution in [0.15, 0.2) is 11.2 Å². The van der Waals surface area contributed by atoms with Crippen LogP contribution in [0.1, 0.15) is 19.8 Å². The first-order valence-electron chi connectivity index (χ1n) is 4.05. The van der Waals surface area contributed by atoms with Gasteiger partial charge in [0.15, 0.2) is 5.16 Å². The number of halogens is 2. The van der Waals surface area contributed by atoms with Crippen LogP contribution in [0.25, 0.3) is 0 Å². The first kappa shape index (κ1) is 11.1. The fourth-order valence-electron chi connectivity index (χ4n) is 0.743. The van der Waals surface area contributed by atoms with Crippen molar-refractivity contribution in [3.8, 4) is 0 Å². The smallest absolute Gasteiger partial charge is 0.190 e. The van der Waals surface area contributed by atoms with Crippen LogP contribution in [0.3, 0.4) is 0 Å². The van der Waals surface area contributed by atoms with Crippen molar-refractivity contribution in [3.05, 3.63) is 16.4 Å². The molecule has 2 nitrogen and oxygen atoms in total. The van der Waals surface area contributed by atoms with Gasteiger partial charge in [-0.05, 0) is 6.42 Å². The first-order valence-corrected chi connectivity index (χ1v) is 5.79. The van der Waals surface area contributed by atoms with E-state index in [4.69, 9.17) is 23.2 Å². The lowest BCUT2D eigenvalue weighted by molar-refractivity contribution is 0.888. The van der Waals surface area contributed by atoms with E-state index in [0.717, 1.165) is 12.2 Å². The molecule has 1 aromatic heterocycles. The summed E-state index contributed by atoms with van der Waals surface area (Å²) in [4.78, 5) is 8.08. The highest BCUT2D eigenvalue weighted by molar-refractivity contribution is 7.99. The summed E-state index contributed by atoms with van der Waals surface area (Å²) in [5, 5.41) is 1.46. The molecule has 0 aliphatic rings. The Hall–Kier alpha value is 0.01000. The minimum absolute atomic E-state index is 0.402. The standard InChI is InChI=1S/C8H10Cl2N2S/c1-2-3-4-13-8-11-6(9)5-7(10)12-8/h5H,2-4H2,1H3. The summed E-state index contributed by atoms with van der Waals surface area (Å²) >= 11 is 13.0. The van der Waals surface area contributed by atoms with Crippen LogP contribution in [-0.2, 0) is 0 Å². The highest BCUT2D eigenvalue weighted by Crippen LogP contribution is 2.19. The van der Waals surface area contributed by atoms with Crippen molar-refractivity contribution in [2.24, 2.45) is 0 Å². The summed E-state index contributed by atoms with van der Waals surface area (Å²) in [5.41, 5.74) is 0. The number of hydrogen-bond acceptors (Lipinski definition) is 3. The van der Waals surface area contributed by atoms with Gasteiger partial charge in [-0.3, -0.25) is 0 Å². The lowest BCUT2D eigenvalue weighted by atomic mass is 10.4. The Kier molecular flexibility index (Phi) is 4.84. The molecule has 0 atom stereocenters. The van der Waals surface area contributed by atoms with Gasteiger partial charge in [0.2, 0.25) is 0 Å². The van der Waals surface area contributed by atoms with Gasteiger partial charge in [0.1, 0.15) is 10.3 Å². The van der Waals surface area contributed by atoms with Gasteiger partial charge in [-0.15, -0.1) is 0 Å². The highest BCUT2D eigenvalue weighted by Gasteiger charge is 2.01. The maximum atomic E-state index is 5.71. The number of aromatic nitrogens is 2. The molecule has 0 aromatic carbocycles. The van der Waals surface area contributed by atoms with Crippen LogP contribution in [0.5, 0.6) is 0 Å². The second kappa shape index (κ2) is 5.68. The largest absolute Gasteiger partial charge is 0.211 e. The van der Waals surface area contributed by atoms with Crippen LogP contribution >= 0.6 is 35.0 Å². The molecule has 0 aliphatic heterocycles. The van der Waals surface area contributed by atoms with E-state index < -0.39 is 0 Å². The summed E-state index contributed by atoms with van der Waals surface area (Å²) in [6, 6.07) is 1.53. The number of thioether (sulfide) groups is 1. The number of rotatable bonds is 4. The monoisotopic (exact) mass is 236 g/mol. The molecule has 1 aromatic rings. The molecule has 13 heavy (non-hydrogen) atoms. The molecule has 0 bridgehead atoms. The third-order valence-electron chi connectivity index (χ3n) is 1.37. The van der Waals surface area contributed by atoms with Crippen LogP contribution in [-0.4, -0.2) is 15.7 Å². The van der Waals surface area contributed by atoms with Gasteiger partial charge in [0.25, 0.3) is 0 Å². The van der Waals surface area contributed by atoms with Gasteiger partial charge in [0.05, 0.1) is 0 Å². The van der Waals surface area contributed by atoms with Crippen molar-refractivity contribution in [3.63, 3.8) is 0 Å². The molecule has 0 unspecified atom stereocenters. The second-order valence-corrected chi connectivity index (χ2v) is 4.33. The van der Waals surface area contributed by atoms with E-state index >= 15 is 0 Å². The van der Waals surface area contributed by atoms with Crippen LogP contribution in [0, 0.1) is 0 Å². The molecule has 0 spiro atoms. The molecule has 1 heterocycles. The van der Waals surface area contributed by atoms with Crippen LogP contribution < -0.4 is 0 Å². The van der Waals surface area contributed by atoms with Crippen LogP contribution in [0.4, 0.5) is 0 Å². The Morgan fingerprint density at radius 1 is 1.31 bits per heavy atom. The third-order valence-corrected chi connectivity index (χ3v) is 2.69. The van der Waals surface area contributed by atoms with E-state index in [1.54, 1.807) is 11.8 Å². The van der Waals surface area contributed by atoms with Crippen molar-refractivity contribution < 1.29 is 0 Å². The normalized spacial score (nSPS) is 10.4. The van der Waals surface area contributed by atoms with Crippen molar-refractivity contribution >= 4 is 35.0 Å². The minimum atomic E-state index is 0.402. The van der Waals surface area contributed by atoms with E-state index in [1.807, 2.05) is 0 Å². The first-order chi connectivity index (χ1) is 6.22. The van der Waals surface area contributed by atoms with Gasteiger partial charge < -0.3 is 0 Å². The quantitative estimate of drug-likeness (QED) is 0.346. The molecule has 1 rings (SSSR count). The minimum Gasteiger partial charge on any atom is -0.211 e. The van der Waals surface area contributed by atoms with Crippen molar-refractivity contribution in [1.82, 2.24) is 9.97 Å². The molecule has 0 fully saturated rings. The number of nitrogens with zero attached hydrogens (tertiary/aromatic N) is 2. The fourth-order valence-corrected chi connectivity index (χ4v) is 2.21. The summed E-state index contributed by atoms with van der Waals surface area (Å²) in [6.07, 6.45) is 2.32. The van der Waals surface area contributed by atoms with Crippen LogP contribution in [0.2, 0.25) is 10.3 Å². The maximum absolute atomic E-state index is 5.71. The van der Waals surface area contributed by atoms with Crippen molar-refractivity contribution in [2.75, 3.05) is 5.75 Å². The summed E-state index contributed by atoms with van der Waals surface area (Å²) in [6.45, 7) is 2.15. The predicted octanol–water partition coefficient (Wildman–Crippen LogP) is 3.68. The summed E-state index contributed by atoms with van der Waals surface area (Å²) in [7, 11) is 0. The van der Waals surface area contributed by atoms with E-state index in [0.29, 0.717) is 15.5 Å². The van der Waals surface area contributed by atoms with E-state index in [2.05, 4.69) is 16.9 Å². The fraction of sp³-hybridized carbons (Fsp3) is 0.500. The maximum Gasteiger partial charge on any atom is 0.190 e. The molecule has 5 heteroatoms. The summed E-state index contributed by atoms with van der Waals surface area (Å²) < 4.78 is 0. The molecule has 0 radical (unpaired) electrons. The van der Waals surface area contributed by atoms with Gasteiger partial charge in [-0.25, -0.2) is 9.97 Å². The Labute approximate surface area is 92.1 Å². The molecule has 0 N–H and O–H groups in total. The highest BCUT2D eigenvalue weighted by atomic mass is 35.5. The van der Waals surface area contributed by atoms with Gasteiger partial charge in [0, 0.05) is 11.8 Å². The zero-order valence-electron chi connectivity index (χ0n) is 7.26. The molecule has 0 saturated heterocycles. The molecular formula is C8H10Cl2N2S. The average molecular weight is 237 g/mol. The average Bonchev–Trinajstić information content (AvgIpc) is 2.03. The van der Waals surface area contributed by atoms with E-state index in [-0.39, 0.29) is 0 Å². The van der Waals surface area contributed by atoms with Gasteiger partial charge >= 0.3 is 0 Å². The third kappa shape index (κ3) is 4.16. The molecule has 0 saturated carbocycles. The Morgan fingerprint density at radius 3 is 2.46 bits per heavy atom. The van der Waals surface area contributed by atoms with Crippen molar-refractivity contribution in [1.29, 1.82) is 0 Å². The second-order valence-electron chi connectivity index (χ2n) is 2.50. The molecule has 0 amide bonds.